The number of ether oxygens (including phenoxy) is 1. The van der Waals surface area contributed by atoms with E-state index in [0.29, 0.717) is 0 Å². The van der Waals surface area contributed by atoms with Crippen molar-refractivity contribution < 1.29 is 32.2 Å². The normalized spacial score (nSPS) is 14.7. The Kier molecular flexibility index (Phi) is 4.59. The van der Waals surface area contributed by atoms with Crippen LogP contribution in [0.2, 0.25) is 0 Å². The number of hydrogen-bond acceptors (Lipinski definition) is 3. The summed E-state index contributed by atoms with van der Waals surface area (Å²) in [6, 6.07) is 3.18. The minimum atomic E-state index is -4.58. The van der Waals surface area contributed by atoms with Gasteiger partial charge in [-0.05, 0) is 24.6 Å². The highest BCUT2D eigenvalue weighted by molar-refractivity contribution is 5.80. The quantitative estimate of drug-likeness (QED) is 0.818. The van der Waals surface area contributed by atoms with Gasteiger partial charge < -0.3 is 9.84 Å². The molecule has 1 rings (SSSR count). The third kappa shape index (κ3) is 3.60. The molecule has 0 bridgehead atoms. The largest absolute Gasteiger partial charge is 0.494 e. The Bertz CT molecular complexity index is 504. The van der Waals surface area contributed by atoms with E-state index in [1.165, 1.54) is 13.2 Å². The van der Waals surface area contributed by atoms with Gasteiger partial charge >= 0.3 is 12.1 Å². The van der Waals surface area contributed by atoms with Gasteiger partial charge in [-0.1, -0.05) is 6.07 Å². The van der Waals surface area contributed by atoms with Crippen LogP contribution in [0.15, 0.2) is 18.2 Å². The van der Waals surface area contributed by atoms with E-state index in [1.54, 1.807) is 0 Å². The van der Waals surface area contributed by atoms with Crippen LogP contribution in [0.5, 0.6) is 5.75 Å². The summed E-state index contributed by atoms with van der Waals surface area (Å²) in [5.41, 5.74) is -2.21. The Morgan fingerprint density at radius 2 is 2.00 bits per heavy atom. The zero-order valence-electron chi connectivity index (χ0n) is 10.7. The lowest BCUT2D eigenvalue weighted by Crippen LogP contribution is -2.50. The molecule has 0 radical (unpaired) electrons. The van der Waals surface area contributed by atoms with Crippen LogP contribution in [0.3, 0.4) is 0 Å². The number of carbonyl (C=O) groups is 1. The number of alkyl halides is 3. The molecule has 0 amide bonds. The lowest BCUT2D eigenvalue weighted by molar-refractivity contribution is -0.150. The number of aliphatic carboxylic acids is 1. The van der Waals surface area contributed by atoms with Gasteiger partial charge in [-0.15, -0.1) is 0 Å². The molecule has 0 aliphatic rings. The Morgan fingerprint density at radius 1 is 1.40 bits per heavy atom. The van der Waals surface area contributed by atoms with E-state index in [2.05, 4.69) is 4.74 Å². The maximum Gasteiger partial charge on any atom is 0.401 e. The molecule has 1 aromatic rings. The molecule has 0 aromatic heterocycles. The van der Waals surface area contributed by atoms with E-state index >= 15 is 0 Å². The van der Waals surface area contributed by atoms with E-state index in [4.69, 9.17) is 5.11 Å². The van der Waals surface area contributed by atoms with Crippen molar-refractivity contribution in [1.29, 1.82) is 0 Å². The average molecular weight is 295 g/mol. The first-order valence-electron chi connectivity index (χ1n) is 5.49. The fraction of sp³-hybridized carbons (Fsp3) is 0.417. The highest BCUT2D eigenvalue weighted by Gasteiger charge is 2.39. The summed E-state index contributed by atoms with van der Waals surface area (Å²) < 4.78 is 54.9. The van der Waals surface area contributed by atoms with E-state index in [1.807, 2.05) is 5.32 Å². The number of carboxylic acid groups (broad SMARTS) is 1. The lowest BCUT2D eigenvalue weighted by atomic mass is 9.91. The summed E-state index contributed by atoms with van der Waals surface area (Å²) in [6.07, 6.45) is -4.58. The molecule has 1 unspecified atom stereocenters. The number of methoxy groups -OCH3 is 1. The second kappa shape index (κ2) is 5.66. The van der Waals surface area contributed by atoms with Gasteiger partial charge in [0.15, 0.2) is 11.6 Å². The molecule has 112 valence electrons. The first kappa shape index (κ1) is 16.2. The van der Waals surface area contributed by atoms with Crippen LogP contribution in [-0.2, 0) is 10.3 Å². The van der Waals surface area contributed by atoms with Crippen LogP contribution in [0, 0.1) is 5.82 Å². The molecule has 0 aliphatic carbocycles. The third-order valence-electron chi connectivity index (χ3n) is 2.80. The van der Waals surface area contributed by atoms with Crippen molar-refractivity contribution >= 4 is 5.97 Å². The van der Waals surface area contributed by atoms with Gasteiger partial charge in [0.25, 0.3) is 0 Å². The van der Waals surface area contributed by atoms with Crippen molar-refractivity contribution in [2.45, 2.75) is 18.6 Å². The molecular weight excluding hydrogens is 282 g/mol. The summed E-state index contributed by atoms with van der Waals surface area (Å²) in [4.78, 5) is 11.2. The van der Waals surface area contributed by atoms with E-state index in [0.717, 1.165) is 19.1 Å². The number of halogens is 4. The van der Waals surface area contributed by atoms with Crippen molar-refractivity contribution in [3.63, 3.8) is 0 Å². The molecule has 20 heavy (non-hydrogen) atoms. The number of hydrogen-bond donors (Lipinski definition) is 2. The van der Waals surface area contributed by atoms with Crippen LogP contribution in [0.25, 0.3) is 0 Å². The van der Waals surface area contributed by atoms with E-state index in [-0.39, 0.29) is 11.3 Å². The maximum atomic E-state index is 13.6. The minimum Gasteiger partial charge on any atom is -0.494 e. The topological polar surface area (TPSA) is 58.6 Å². The molecular formula is C12H13F4NO3. The van der Waals surface area contributed by atoms with Crippen LogP contribution in [0.1, 0.15) is 12.5 Å². The van der Waals surface area contributed by atoms with Gasteiger partial charge in [0.2, 0.25) is 0 Å². The second-order valence-electron chi connectivity index (χ2n) is 4.25. The molecule has 0 aliphatic heterocycles. The van der Waals surface area contributed by atoms with Gasteiger partial charge in [0.1, 0.15) is 5.54 Å². The number of carboxylic acids is 1. The summed E-state index contributed by atoms with van der Waals surface area (Å²) in [6.45, 7) is -0.480. The van der Waals surface area contributed by atoms with Gasteiger partial charge in [-0.25, -0.2) is 9.18 Å². The Hall–Kier alpha value is -1.83. The van der Waals surface area contributed by atoms with E-state index in [9.17, 15) is 22.4 Å². The van der Waals surface area contributed by atoms with Crippen LogP contribution in [-0.4, -0.2) is 30.9 Å². The zero-order valence-corrected chi connectivity index (χ0v) is 10.7. The lowest BCUT2D eigenvalue weighted by Gasteiger charge is -2.27. The Balaban J connectivity index is 3.13. The molecule has 8 heteroatoms. The van der Waals surface area contributed by atoms with Crippen molar-refractivity contribution in [1.82, 2.24) is 5.32 Å². The molecule has 0 saturated carbocycles. The summed E-state index contributed by atoms with van der Waals surface area (Å²) in [5, 5.41) is 11.0. The minimum absolute atomic E-state index is 0.127. The van der Waals surface area contributed by atoms with Crippen molar-refractivity contribution in [3.8, 4) is 5.75 Å². The Labute approximate surface area is 112 Å². The molecule has 0 spiro atoms. The molecule has 4 nitrogen and oxygen atoms in total. The predicted molar refractivity (Wildman–Crippen MR) is 62.0 cm³/mol. The van der Waals surface area contributed by atoms with Gasteiger partial charge in [0.05, 0.1) is 13.7 Å². The maximum absolute atomic E-state index is 13.6. The van der Waals surface area contributed by atoms with E-state index < -0.39 is 30.0 Å². The van der Waals surface area contributed by atoms with Crippen LogP contribution < -0.4 is 10.1 Å². The second-order valence-corrected chi connectivity index (χ2v) is 4.25. The standard InChI is InChI=1S/C12H13F4NO3/c1-11(10(18)19,17-6-12(14,15)16)7-3-4-9(20-2)8(13)5-7/h3-5,17H,6H2,1-2H3,(H,18,19). The first-order valence-corrected chi connectivity index (χ1v) is 5.49. The molecule has 1 aromatic carbocycles. The van der Waals surface area contributed by atoms with Gasteiger partial charge in [-0.3, -0.25) is 5.32 Å². The van der Waals surface area contributed by atoms with Crippen molar-refractivity contribution in [2.24, 2.45) is 0 Å². The summed E-state index contributed by atoms with van der Waals surface area (Å²) in [7, 11) is 1.22. The third-order valence-corrected chi connectivity index (χ3v) is 2.80. The average Bonchev–Trinajstić information content (AvgIpc) is 2.34. The van der Waals surface area contributed by atoms with Gasteiger partial charge in [-0.2, -0.15) is 13.2 Å². The van der Waals surface area contributed by atoms with Crippen molar-refractivity contribution in [3.05, 3.63) is 29.6 Å². The monoisotopic (exact) mass is 295 g/mol. The SMILES string of the molecule is COc1ccc(C(C)(NCC(F)(F)F)C(=O)O)cc1F. The fourth-order valence-electron chi connectivity index (χ4n) is 1.56. The molecule has 0 heterocycles. The van der Waals surface area contributed by atoms with Gasteiger partial charge in [0, 0.05) is 0 Å². The molecule has 1 atom stereocenters. The number of benzene rings is 1. The Morgan fingerprint density at radius 3 is 2.40 bits per heavy atom. The number of rotatable bonds is 5. The zero-order chi connectivity index (χ0) is 15.6. The summed E-state index contributed by atoms with van der Waals surface area (Å²) in [5.74, 6) is -2.53. The number of nitrogens with one attached hydrogen (secondary N) is 1. The van der Waals surface area contributed by atoms with Crippen molar-refractivity contribution in [2.75, 3.05) is 13.7 Å². The molecule has 2 N–H and O–H groups in total. The van der Waals surface area contributed by atoms with Crippen LogP contribution >= 0.6 is 0 Å². The highest BCUT2D eigenvalue weighted by Crippen LogP contribution is 2.27. The molecule has 0 fully saturated rings. The molecule has 0 saturated heterocycles. The predicted octanol–water partition coefficient (Wildman–Crippen LogP) is 2.29. The smallest absolute Gasteiger partial charge is 0.401 e. The fourth-order valence-corrected chi connectivity index (χ4v) is 1.56. The first-order chi connectivity index (χ1) is 9.10. The summed E-state index contributed by atoms with van der Waals surface area (Å²) >= 11 is 0. The highest BCUT2D eigenvalue weighted by atomic mass is 19.4. The van der Waals surface area contributed by atoms with Crippen LogP contribution in [0.4, 0.5) is 17.6 Å².